The first kappa shape index (κ1) is 36.7. The first-order valence-corrected chi connectivity index (χ1v) is 17.4. The molecule has 1 aliphatic rings. The minimum atomic E-state index is -1.00. The predicted molar refractivity (Wildman–Crippen MR) is 183 cm³/mol. The van der Waals surface area contributed by atoms with Crippen LogP contribution < -0.4 is 9.47 Å². The average molecular weight is 625 g/mol. The Morgan fingerprint density at radius 2 is 1.51 bits per heavy atom. The second-order valence-corrected chi connectivity index (χ2v) is 14.5. The van der Waals surface area contributed by atoms with Crippen LogP contribution in [0.3, 0.4) is 0 Å². The number of para-hydroxylation sites is 1. The fraction of sp³-hybridized carbons (Fsp3) is 0.667. The van der Waals surface area contributed by atoms with Gasteiger partial charge in [0, 0.05) is 5.56 Å². The van der Waals surface area contributed by atoms with Crippen LogP contribution in [0.4, 0.5) is 0 Å². The minimum Gasteiger partial charge on any atom is -0.507 e. The molecular formula is C39H60O6. The molecule has 0 bridgehead atoms. The molecule has 0 amide bonds. The average Bonchev–Trinajstić information content (AvgIpc) is 2.98. The van der Waals surface area contributed by atoms with E-state index >= 15 is 0 Å². The van der Waals surface area contributed by atoms with Crippen LogP contribution in [0.15, 0.2) is 24.3 Å². The SMILES string of the molecule is Cc1c(C)c2c(c(C)c1OCC(O)COC(=O)c1ccccc1O)CC[C@@](C)(CCCC(C)CCCC(C)CCCC(C)C)O2. The fourth-order valence-electron chi connectivity index (χ4n) is 6.60. The van der Waals surface area contributed by atoms with Crippen molar-refractivity contribution in [3.8, 4) is 17.2 Å². The van der Waals surface area contributed by atoms with Crippen molar-refractivity contribution in [3.63, 3.8) is 0 Å². The van der Waals surface area contributed by atoms with E-state index in [2.05, 4.69) is 48.5 Å². The van der Waals surface area contributed by atoms with Gasteiger partial charge in [0.25, 0.3) is 0 Å². The number of ether oxygens (including phenoxy) is 3. The van der Waals surface area contributed by atoms with E-state index in [1.54, 1.807) is 12.1 Å². The van der Waals surface area contributed by atoms with Crippen LogP contribution in [0.1, 0.15) is 131 Å². The molecule has 0 fully saturated rings. The van der Waals surface area contributed by atoms with E-state index in [0.717, 1.165) is 65.2 Å². The van der Waals surface area contributed by atoms with Gasteiger partial charge in [-0.2, -0.15) is 0 Å². The summed E-state index contributed by atoms with van der Waals surface area (Å²) in [5.41, 5.74) is 4.20. The fourth-order valence-corrected chi connectivity index (χ4v) is 6.60. The molecule has 4 atom stereocenters. The summed E-state index contributed by atoms with van der Waals surface area (Å²) >= 11 is 0. The quantitative estimate of drug-likeness (QED) is 0.161. The van der Waals surface area contributed by atoms with E-state index < -0.39 is 12.1 Å². The maximum Gasteiger partial charge on any atom is 0.342 e. The number of aliphatic hydroxyl groups excluding tert-OH is 1. The lowest BCUT2D eigenvalue weighted by atomic mass is 9.83. The standard InChI is InChI=1S/C39H60O6/c1-26(2)14-11-15-27(3)16-12-17-28(4)18-13-22-39(8)23-21-33-31(7)36(29(5)30(6)37(33)45-39)43-24-32(40)25-44-38(42)34-19-9-10-20-35(34)41/h9-10,19-20,26-28,32,40-41H,11-18,21-25H2,1-8H3/t27?,28?,32?,39-/m1/s1. The highest BCUT2D eigenvalue weighted by Gasteiger charge is 2.34. The van der Waals surface area contributed by atoms with Crippen molar-refractivity contribution in [2.45, 2.75) is 138 Å². The lowest BCUT2D eigenvalue weighted by Gasteiger charge is -2.38. The molecule has 0 spiro atoms. The molecule has 0 saturated carbocycles. The second-order valence-electron chi connectivity index (χ2n) is 14.5. The third-order valence-electron chi connectivity index (χ3n) is 9.79. The maximum atomic E-state index is 12.3. The number of carbonyl (C=O) groups excluding carboxylic acids is 1. The zero-order chi connectivity index (χ0) is 33.1. The van der Waals surface area contributed by atoms with Gasteiger partial charge in [0.15, 0.2) is 0 Å². The molecule has 45 heavy (non-hydrogen) atoms. The van der Waals surface area contributed by atoms with E-state index in [1.165, 1.54) is 69.1 Å². The normalized spacial score (nSPS) is 18.2. The van der Waals surface area contributed by atoms with Crippen LogP contribution in [0.5, 0.6) is 17.2 Å². The Balaban J connectivity index is 1.47. The van der Waals surface area contributed by atoms with Crippen molar-refractivity contribution in [1.82, 2.24) is 0 Å². The Morgan fingerprint density at radius 1 is 0.889 bits per heavy atom. The summed E-state index contributed by atoms with van der Waals surface area (Å²) in [6.45, 7) is 17.7. The van der Waals surface area contributed by atoms with Gasteiger partial charge < -0.3 is 24.4 Å². The first-order chi connectivity index (χ1) is 21.3. The molecular weight excluding hydrogens is 564 g/mol. The maximum absolute atomic E-state index is 12.3. The predicted octanol–water partition coefficient (Wildman–Crippen LogP) is 9.44. The van der Waals surface area contributed by atoms with Crippen molar-refractivity contribution in [3.05, 3.63) is 52.1 Å². The number of hydrogen-bond donors (Lipinski definition) is 2. The van der Waals surface area contributed by atoms with Crippen LogP contribution in [0.2, 0.25) is 0 Å². The van der Waals surface area contributed by atoms with Gasteiger partial charge in [0.05, 0.1) is 0 Å². The molecule has 0 saturated heterocycles. The van der Waals surface area contributed by atoms with Gasteiger partial charge >= 0.3 is 5.97 Å². The minimum absolute atomic E-state index is 0.0121. The van der Waals surface area contributed by atoms with Crippen LogP contribution in [0.25, 0.3) is 0 Å². The topological polar surface area (TPSA) is 85.2 Å². The van der Waals surface area contributed by atoms with Gasteiger partial charge in [-0.05, 0) is 100.0 Å². The lowest BCUT2D eigenvalue weighted by molar-refractivity contribution is 0.0125. The Labute approximate surface area is 272 Å². The van der Waals surface area contributed by atoms with Gasteiger partial charge in [-0.3, -0.25) is 0 Å². The van der Waals surface area contributed by atoms with Crippen molar-refractivity contribution >= 4 is 5.97 Å². The number of aliphatic hydroxyl groups is 1. The molecule has 3 unspecified atom stereocenters. The Kier molecular flexibility index (Phi) is 14.1. The van der Waals surface area contributed by atoms with Crippen LogP contribution in [-0.4, -0.2) is 41.1 Å². The number of fused-ring (bicyclic) bond motifs is 1. The lowest BCUT2D eigenvalue weighted by Crippen LogP contribution is -2.37. The number of phenols is 1. The van der Waals surface area contributed by atoms with Crippen molar-refractivity contribution < 1.29 is 29.2 Å². The highest BCUT2D eigenvalue weighted by Crippen LogP contribution is 2.45. The molecule has 2 aromatic carbocycles. The highest BCUT2D eigenvalue weighted by molar-refractivity contribution is 5.92. The van der Waals surface area contributed by atoms with Crippen molar-refractivity contribution in [2.24, 2.45) is 17.8 Å². The Bertz CT molecular complexity index is 1240. The van der Waals surface area contributed by atoms with Gasteiger partial charge in [-0.25, -0.2) is 4.79 Å². The van der Waals surface area contributed by atoms with Crippen molar-refractivity contribution in [2.75, 3.05) is 13.2 Å². The number of benzene rings is 2. The first-order valence-electron chi connectivity index (χ1n) is 17.4. The Hall–Kier alpha value is -2.73. The third-order valence-corrected chi connectivity index (χ3v) is 9.79. The summed E-state index contributed by atoms with van der Waals surface area (Å²) in [4.78, 5) is 12.3. The summed E-state index contributed by atoms with van der Waals surface area (Å²) in [6.07, 6.45) is 12.5. The van der Waals surface area contributed by atoms with Gasteiger partial charge in [0.2, 0.25) is 0 Å². The zero-order valence-electron chi connectivity index (χ0n) is 29.3. The van der Waals surface area contributed by atoms with Crippen molar-refractivity contribution in [1.29, 1.82) is 0 Å². The molecule has 2 aromatic rings. The largest absolute Gasteiger partial charge is 0.507 e. The summed E-state index contributed by atoms with van der Waals surface area (Å²) < 4.78 is 18.1. The number of carbonyl (C=O) groups is 1. The van der Waals surface area contributed by atoms with E-state index in [0.29, 0.717) is 0 Å². The van der Waals surface area contributed by atoms with Gasteiger partial charge in [-0.15, -0.1) is 0 Å². The number of esters is 1. The number of hydrogen-bond acceptors (Lipinski definition) is 6. The molecule has 252 valence electrons. The smallest absolute Gasteiger partial charge is 0.342 e. The summed E-state index contributed by atoms with van der Waals surface area (Å²) in [7, 11) is 0. The molecule has 0 aliphatic carbocycles. The van der Waals surface area contributed by atoms with E-state index in [-0.39, 0.29) is 30.1 Å². The molecule has 0 radical (unpaired) electrons. The molecule has 6 nitrogen and oxygen atoms in total. The molecule has 3 rings (SSSR count). The molecule has 1 heterocycles. The van der Waals surface area contributed by atoms with Crippen LogP contribution >= 0.6 is 0 Å². The van der Waals surface area contributed by atoms with Gasteiger partial charge in [-0.1, -0.05) is 84.8 Å². The van der Waals surface area contributed by atoms with Crippen LogP contribution in [0, 0.1) is 38.5 Å². The summed E-state index contributed by atoms with van der Waals surface area (Å²) in [6, 6.07) is 6.18. The summed E-state index contributed by atoms with van der Waals surface area (Å²) in [5, 5.41) is 20.3. The Morgan fingerprint density at radius 3 is 2.16 bits per heavy atom. The molecule has 2 N–H and O–H groups in total. The third kappa shape index (κ3) is 10.9. The molecule has 1 aliphatic heterocycles. The highest BCUT2D eigenvalue weighted by atomic mass is 16.5. The number of phenolic OH excluding ortho intramolecular Hbond substituents is 1. The molecule has 6 heteroatoms. The molecule has 0 aromatic heterocycles. The van der Waals surface area contributed by atoms with Crippen LogP contribution in [-0.2, 0) is 11.2 Å². The second kappa shape index (κ2) is 17.3. The van der Waals surface area contributed by atoms with E-state index in [4.69, 9.17) is 14.2 Å². The zero-order valence-corrected chi connectivity index (χ0v) is 29.3. The summed E-state index contributed by atoms with van der Waals surface area (Å²) in [5.74, 6) is 3.33. The van der Waals surface area contributed by atoms with E-state index in [1.807, 2.05) is 6.92 Å². The number of rotatable bonds is 18. The van der Waals surface area contributed by atoms with Gasteiger partial charge in [0.1, 0.15) is 47.7 Å². The monoisotopic (exact) mass is 624 g/mol. The van der Waals surface area contributed by atoms with E-state index in [9.17, 15) is 15.0 Å². The number of aromatic hydroxyl groups is 1.